The lowest BCUT2D eigenvalue weighted by molar-refractivity contribution is 0.201. The minimum absolute atomic E-state index is 0.822. The third kappa shape index (κ3) is 5.83. The molecule has 0 aliphatic heterocycles. The van der Waals surface area contributed by atoms with Crippen molar-refractivity contribution in [1.29, 1.82) is 0 Å². The fraction of sp³-hybridized carbons (Fsp3) is 0.778. The van der Waals surface area contributed by atoms with Gasteiger partial charge in [0.15, 0.2) is 0 Å². The van der Waals surface area contributed by atoms with E-state index in [0.29, 0.717) is 0 Å². The van der Waals surface area contributed by atoms with E-state index in [4.69, 9.17) is 4.74 Å². The van der Waals surface area contributed by atoms with Gasteiger partial charge in [-0.05, 0) is 19.3 Å². The van der Waals surface area contributed by atoms with Crippen molar-refractivity contribution < 1.29 is 4.74 Å². The second-order valence-corrected chi connectivity index (χ2v) is 2.60. The average Bonchev–Trinajstić information content (AvgIpc) is 1.97. The first kappa shape index (κ1) is 9.70. The lowest BCUT2D eigenvalue weighted by Crippen LogP contribution is -1.90. The number of rotatable bonds is 6. The largest absolute Gasteiger partial charge is 0.384 e. The molecule has 0 aliphatic carbocycles. The Morgan fingerprint density at radius 3 is 2.60 bits per heavy atom. The van der Waals surface area contributed by atoms with Crippen molar-refractivity contribution >= 4 is 0 Å². The summed E-state index contributed by atoms with van der Waals surface area (Å²) in [6.45, 7) is 6.97. The Bertz CT molecular complexity index is 76.7. The van der Waals surface area contributed by atoms with Crippen LogP contribution < -0.4 is 0 Å². The molecule has 1 heteroatoms. The highest BCUT2D eigenvalue weighted by molar-refractivity contribution is 4.93. The van der Waals surface area contributed by atoms with Gasteiger partial charge in [-0.2, -0.15) is 0 Å². The molecule has 0 rings (SSSR count). The van der Waals surface area contributed by atoms with Crippen molar-refractivity contribution in [3.63, 3.8) is 0 Å². The van der Waals surface area contributed by atoms with Crippen LogP contribution in [0.5, 0.6) is 0 Å². The molecule has 0 radical (unpaired) electrons. The molecular weight excluding hydrogens is 124 g/mol. The zero-order chi connectivity index (χ0) is 7.82. The molecule has 10 heavy (non-hydrogen) atoms. The van der Waals surface area contributed by atoms with Crippen LogP contribution in [-0.4, -0.2) is 13.7 Å². The van der Waals surface area contributed by atoms with Gasteiger partial charge in [-0.15, -0.1) is 0 Å². The van der Waals surface area contributed by atoms with Gasteiger partial charge in [-0.25, -0.2) is 0 Å². The SMILES string of the molecule is C=C(CCCC)CCOC. The van der Waals surface area contributed by atoms with E-state index in [9.17, 15) is 0 Å². The smallest absolute Gasteiger partial charge is 0.0499 e. The predicted molar refractivity (Wildman–Crippen MR) is 45.2 cm³/mol. The number of hydrogen-bond donors (Lipinski definition) is 0. The third-order valence-corrected chi connectivity index (χ3v) is 1.54. The van der Waals surface area contributed by atoms with E-state index >= 15 is 0 Å². The van der Waals surface area contributed by atoms with E-state index in [-0.39, 0.29) is 0 Å². The molecule has 1 nitrogen and oxygen atoms in total. The molecule has 0 fully saturated rings. The Morgan fingerprint density at radius 1 is 1.40 bits per heavy atom. The van der Waals surface area contributed by atoms with Gasteiger partial charge in [-0.1, -0.05) is 25.5 Å². The van der Waals surface area contributed by atoms with E-state index in [1.807, 2.05) is 0 Å². The van der Waals surface area contributed by atoms with E-state index in [2.05, 4.69) is 13.5 Å². The van der Waals surface area contributed by atoms with Crippen LogP contribution in [0.3, 0.4) is 0 Å². The summed E-state index contributed by atoms with van der Waals surface area (Å²) >= 11 is 0. The van der Waals surface area contributed by atoms with Gasteiger partial charge in [0, 0.05) is 13.7 Å². The van der Waals surface area contributed by atoms with E-state index < -0.39 is 0 Å². The van der Waals surface area contributed by atoms with Gasteiger partial charge in [0.25, 0.3) is 0 Å². The number of unbranched alkanes of at least 4 members (excludes halogenated alkanes) is 1. The molecule has 0 atom stereocenters. The molecule has 0 bridgehead atoms. The van der Waals surface area contributed by atoms with Crippen molar-refractivity contribution in [3.8, 4) is 0 Å². The molecule has 0 aromatic rings. The van der Waals surface area contributed by atoms with Crippen molar-refractivity contribution in [2.45, 2.75) is 32.6 Å². The van der Waals surface area contributed by atoms with Gasteiger partial charge >= 0.3 is 0 Å². The van der Waals surface area contributed by atoms with Crippen LogP contribution in [0.4, 0.5) is 0 Å². The zero-order valence-corrected chi connectivity index (χ0v) is 7.15. The fourth-order valence-corrected chi connectivity index (χ4v) is 0.798. The van der Waals surface area contributed by atoms with Crippen LogP contribution in [0.1, 0.15) is 32.6 Å². The molecule has 0 saturated heterocycles. The summed E-state index contributed by atoms with van der Waals surface area (Å²) < 4.78 is 4.93. The van der Waals surface area contributed by atoms with Crippen LogP contribution in [0, 0.1) is 0 Å². The summed E-state index contributed by atoms with van der Waals surface area (Å²) in [5.41, 5.74) is 1.32. The normalized spacial score (nSPS) is 9.80. The van der Waals surface area contributed by atoms with Crippen molar-refractivity contribution in [3.05, 3.63) is 12.2 Å². The Labute approximate surface area is 64.1 Å². The summed E-state index contributed by atoms with van der Waals surface area (Å²) in [7, 11) is 1.73. The third-order valence-electron chi connectivity index (χ3n) is 1.54. The molecule has 0 spiro atoms. The maximum atomic E-state index is 4.93. The second kappa shape index (κ2) is 6.81. The monoisotopic (exact) mass is 142 g/mol. The fourth-order valence-electron chi connectivity index (χ4n) is 0.798. The minimum atomic E-state index is 0.822. The van der Waals surface area contributed by atoms with Crippen molar-refractivity contribution in [1.82, 2.24) is 0 Å². The molecule has 0 saturated carbocycles. The molecular formula is C9H18O. The van der Waals surface area contributed by atoms with E-state index in [0.717, 1.165) is 13.0 Å². The molecule has 0 amide bonds. The second-order valence-electron chi connectivity index (χ2n) is 2.60. The van der Waals surface area contributed by atoms with Crippen molar-refractivity contribution in [2.24, 2.45) is 0 Å². The molecule has 0 N–H and O–H groups in total. The molecule has 0 unspecified atom stereocenters. The molecule has 0 aromatic heterocycles. The summed E-state index contributed by atoms with van der Waals surface area (Å²) in [4.78, 5) is 0. The summed E-state index contributed by atoms with van der Waals surface area (Å²) in [5, 5.41) is 0. The number of methoxy groups -OCH3 is 1. The topological polar surface area (TPSA) is 9.23 Å². The lowest BCUT2D eigenvalue weighted by atomic mass is 10.1. The van der Waals surface area contributed by atoms with Crippen LogP contribution in [0.2, 0.25) is 0 Å². The van der Waals surface area contributed by atoms with Gasteiger partial charge < -0.3 is 4.74 Å². The summed E-state index contributed by atoms with van der Waals surface area (Å²) in [6, 6.07) is 0. The molecule has 60 valence electrons. The Balaban J connectivity index is 3.09. The highest BCUT2D eigenvalue weighted by Gasteiger charge is 1.92. The quantitative estimate of drug-likeness (QED) is 0.518. The standard InChI is InChI=1S/C9H18O/c1-4-5-6-9(2)7-8-10-3/h2,4-8H2,1,3H3. The first-order valence-corrected chi connectivity index (χ1v) is 3.96. The molecule has 0 heterocycles. The highest BCUT2D eigenvalue weighted by atomic mass is 16.5. The maximum Gasteiger partial charge on any atom is 0.0499 e. The Hall–Kier alpha value is -0.300. The predicted octanol–water partition coefficient (Wildman–Crippen LogP) is 2.77. The van der Waals surface area contributed by atoms with Gasteiger partial charge in [0.1, 0.15) is 0 Å². The average molecular weight is 142 g/mol. The minimum Gasteiger partial charge on any atom is -0.384 e. The highest BCUT2D eigenvalue weighted by Crippen LogP contribution is 2.08. The van der Waals surface area contributed by atoms with Gasteiger partial charge in [0.2, 0.25) is 0 Å². The maximum absolute atomic E-state index is 4.93. The van der Waals surface area contributed by atoms with Gasteiger partial charge in [0.05, 0.1) is 0 Å². The summed E-state index contributed by atoms with van der Waals surface area (Å²) in [6.07, 6.45) is 4.71. The van der Waals surface area contributed by atoms with E-state index in [1.54, 1.807) is 7.11 Å². The first-order chi connectivity index (χ1) is 4.81. The summed E-state index contributed by atoms with van der Waals surface area (Å²) in [5.74, 6) is 0. The van der Waals surface area contributed by atoms with Crippen LogP contribution >= 0.6 is 0 Å². The Kier molecular flexibility index (Phi) is 6.61. The van der Waals surface area contributed by atoms with Crippen LogP contribution in [-0.2, 0) is 4.74 Å². The number of hydrogen-bond acceptors (Lipinski definition) is 1. The van der Waals surface area contributed by atoms with Crippen molar-refractivity contribution in [2.75, 3.05) is 13.7 Å². The zero-order valence-electron chi connectivity index (χ0n) is 7.15. The first-order valence-electron chi connectivity index (χ1n) is 3.96. The van der Waals surface area contributed by atoms with Crippen LogP contribution in [0.25, 0.3) is 0 Å². The van der Waals surface area contributed by atoms with Crippen LogP contribution in [0.15, 0.2) is 12.2 Å². The lowest BCUT2D eigenvalue weighted by Gasteiger charge is -2.02. The van der Waals surface area contributed by atoms with E-state index in [1.165, 1.54) is 24.8 Å². The molecule has 0 aliphatic rings. The van der Waals surface area contributed by atoms with Gasteiger partial charge in [-0.3, -0.25) is 0 Å². The number of ether oxygens (including phenoxy) is 1. The molecule has 0 aromatic carbocycles. The Morgan fingerprint density at radius 2 is 2.10 bits per heavy atom.